The van der Waals surface area contributed by atoms with Gasteiger partial charge in [0.25, 0.3) is 0 Å². The van der Waals surface area contributed by atoms with E-state index in [0.717, 1.165) is 10.0 Å². The molecular weight excluding hydrogens is 258 g/mol. The van der Waals surface area contributed by atoms with E-state index in [1.165, 1.54) is 0 Å². The van der Waals surface area contributed by atoms with Crippen LogP contribution in [0.15, 0.2) is 28.7 Å². The van der Waals surface area contributed by atoms with Crippen molar-refractivity contribution >= 4 is 21.9 Å². The van der Waals surface area contributed by atoms with Gasteiger partial charge in [0.15, 0.2) is 0 Å². The van der Waals surface area contributed by atoms with E-state index in [0.29, 0.717) is 6.42 Å². The van der Waals surface area contributed by atoms with Gasteiger partial charge in [-0.3, -0.25) is 4.79 Å². The molecule has 0 bridgehead atoms. The number of carboxylic acid groups (broad SMARTS) is 1. The van der Waals surface area contributed by atoms with Crippen molar-refractivity contribution < 1.29 is 9.90 Å². The highest BCUT2D eigenvalue weighted by molar-refractivity contribution is 9.10. The summed E-state index contributed by atoms with van der Waals surface area (Å²) in [6.07, 6.45) is 0.654. The summed E-state index contributed by atoms with van der Waals surface area (Å²) in [5.41, 5.74) is 0.304. The van der Waals surface area contributed by atoms with Crippen molar-refractivity contribution in [2.24, 2.45) is 0 Å². The van der Waals surface area contributed by atoms with Crippen molar-refractivity contribution in [3.63, 3.8) is 0 Å². The van der Waals surface area contributed by atoms with Crippen molar-refractivity contribution in [1.29, 1.82) is 0 Å². The predicted octanol–water partition coefficient (Wildman–Crippen LogP) is 1.98. The van der Waals surface area contributed by atoms with Crippen molar-refractivity contribution in [1.82, 2.24) is 5.32 Å². The Morgan fingerprint density at radius 1 is 1.60 bits per heavy atom. The summed E-state index contributed by atoms with van der Waals surface area (Å²) in [4.78, 5) is 11.1. The molecule has 2 N–H and O–H groups in total. The molecule has 2 atom stereocenters. The summed E-state index contributed by atoms with van der Waals surface area (Å²) in [6.45, 7) is 0. The van der Waals surface area contributed by atoms with E-state index in [9.17, 15) is 4.79 Å². The van der Waals surface area contributed by atoms with E-state index >= 15 is 0 Å². The lowest BCUT2D eigenvalue weighted by Gasteiger charge is -2.11. The maximum atomic E-state index is 11.1. The highest BCUT2D eigenvalue weighted by atomic mass is 79.9. The summed E-state index contributed by atoms with van der Waals surface area (Å²) in [5.74, 6) is -0.707. The fourth-order valence-corrected chi connectivity index (χ4v) is 2.58. The quantitative estimate of drug-likeness (QED) is 0.883. The maximum Gasteiger partial charge on any atom is 0.324 e. The molecule has 4 heteroatoms. The third-order valence-corrected chi connectivity index (χ3v) is 3.79. The zero-order valence-electron chi connectivity index (χ0n) is 8.33. The Morgan fingerprint density at radius 3 is 2.73 bits per heavy atom. The van der Waals surface area contributed by atoms with Crippen LogP contribution in [0.1, 0.15) is 17.9 Å². The number of carbonyl (C=O) groups is 1. The zero-order valence-corrected chi connectivity index (χ0v) is 9.91. The van der Waals surface area contributed by atoms with E-state index in [2.05, 4.69) is 21.2 Å². The number of hydrogen-bond acceptors (Lipinski definition) is 2. The minimum Gasteiger partial charge on any atom is -0.480 e. The molecule has 0 aromatic heterocycles. The Labute approximate surface area is 96.6 Å². The Balaban J connectivity index is 2.30. The molecule has 80 valence electrons. The van der Waals surface area contributed by atoms with E-state index in [1.54, 1.807) is 7.05 Å². The minimum absolute atomic E-state index is 0.0653. The Morgan fingerprint density at radius 2 is 2.27 bits per heavy atom. The monoisotopic (exact) mass is 269 g/mol. The standard InChI is InChI=1S/C11H12BrNO2/c1-13-11(10(14)15)6-8(11)7-4-2-3-5-9(7)12/h2-5,8,13H,6H2,1H3,(H,14,15). The molecule has 0 amide bonds. The molecule has 0 spiro atoms. The average Bonchev–Trinajstić information content (AvgIpc) is 2.94. The number of aliphatic carboxylic acids is 1. The molecule has 2 rings (SSSR count). The number of benzene rings is 1. The predicted molar refractivity (Wildman–Crippen MR) is 60.9 cm³/mol. The SMILES string of the molecule is CNC1(C(=O)O)CC1c1ccccc1Br. The highest BCUT2D eigenvalue weighted by Gasteiger charge is 2.60. The van der Waals surface area contributed by atoms with Gasteiger partial charge in [0, 0.05) is 10.4 Å². The van der Waals surface area contributed by atoms with Crippen LogP contribution in [0.5, 0.6) is 0 Å². The van der Waals surface area contributed by atoms with Gasteiger partial charge < -0.3 is 10.4 Å². The lowest BCUT2D eigenvalue weighted by atomic mass is 10.1. The first-order valence-electron chi connectivity index (χ1n) is 4.78. The van der Waals surface area contributed by atoms with Gasteiger partial charge in [-0.15, -0.1) is 0 Å². The number of rotatable bonds is 3. The van der Waals surface area contributed by atoms with Gasteiger partial charge in [-0.25, -0.2) is 0 Å². The first kappa shape index (κ1) is 10.6. The van der Waals surface area contributed by atoms with Gasteiger partial charge >= 0.3 is 5.97 Å². The van der Waals surface area contributed by atoms with Crippen LogP contribution < -0.4 is 5.32 Å². The zero-order chi connectivity index (χ0) is 11.1. The van der Waals surface area contributed by atoms with Gasteiger partial charge in [0.2, 0.25) is 0 Å². The molecule has 1 aromatic carbocycles. The van der Waals surface area contributed by atoms with Crippen LogP contribution >= 0.6 is 15.9 Å². The Bertz CT molecular complexity index is 407. The van der Waals surface area contributed by atoms with Crippen LogP contribution in [0, 0.1) is 0 Å². The Kier molecular flexibility index (Phi) is 2.56. The van der Waals surface area contributed by atoms with E-state index in [4.69, 9.17) is 5.11 Å². The van der Waals surface area contributed by atoms with E-state index in [1.807, 2.05) is 24.3 Å². The number of halogens is 1. The number of likely N-dealkylation sites (N-methyl/N-ethyl adjacent to an activating group) is 1. The molecule has 15 heavy (non-hydrogen) atoms. The van der Waals surface area contributed by atoms with Gasteiger partial charge in [0.1, 0.15) is 5.54 Å². The van der Waals surface area contributed by atoms with Crippen LogP contribution in [0.3, 0.4) is 0 Å². The van der Waals surface area contributed by atoms with Crippen LogP contribution in [0.2, 0.25) is 0 Å². The fraction of sp³-hybridized carbons (Fsp3) is 0.364. The first-order chi connectivity index (χ1) is 7.12. The van der Waals surface area contributed by atoms with Crippen molar-refractivity contribution in [2.75, 3.05) is 7.05 Å². The molecule has 1 fully saturated rings. The van der Waals surface area contributed by atoms with Gasteiger partial charge in [-0.1, -0.05) is 34.1 Å². The second-order valence-corrected chi connectivity index (χ2v) is 4.66. The van der Waals surface area contributed by atoms with Crippen molar-refractivity contribution in [3.8, 4) is 0 Å². The van der Waals surface area contributed by atoms with Gasteiger partial charge in [-0.2, -0.15) is 0 Å². The van der Waals surface area contributed by atoms with Crippen molar-refractivity contribution in [2.45, 2.75) is 17.9 Å². The minimum atomic E-state index is -0.772. The molecule has 2 unspecified atom stereocenters. The van der Waals surface area contributed by atoms with E-state index in [-0.39, 0.29) is 5.92 Å². The molecule has 1 aromatic rings. The second-order valence-electron chi connectivity index (χ2n) is 3.80. The molecule has 0 heterocycles. The average molecular weight is 270 g/mol. The number of hydrogen-bond donors (Lipinski definition) is 2. The van der Waals surface area contributed by atoms with Crippen molar-refractivity contribution in [3.05, 3.63) is 34.3 Å². The van der Waals surface area contributed by atoms with Crippen LogP contribution in [0.25, 0.3) is 0 Å². The van der Waals surface area contributed by atoms with Crippen LogP contribution in [0.4, 0.5) is 0 Å². The number of nitrogens with one attached hydrogen (secondary N) is 1. The third-order valence-electron chi connectivity index (χ3n) is 3.07. The normalized spacial score (nSPS) is 28.8. The summed E-state index contributed by atoms with van der Waals surface area (Å²) < 4.78 is 0.980. The van der Waals surface area contributed by atoms with Crippen LogP contribution in [-0.4, -0.2) is 23.7 Å². The molecule has 1 aliphatic carbocycles. The Hall–Kier alpha value is -0.870. The molecular formula is C11H12BrNO2. The lowest BCUT2D eigenvalue weighted by molar-refractivity contribution is -0.140. The molecule has 3 nitrogen and oxygen atoms in total. The topological polar surface area (TPSA) is 49.3 Å². The molecule has 0 radical (unpaired) electrons. The van der Waals surface area contributed by atoms with Crippen LogP contribution in [-0.2, 0) is 4.79 Å². The summed E-state index contributed by atoms with van der Waals surface area (Å²) in [5, 5.41) is 12.1. The molecule has 0 aliphatic heterocycles. The number of carboxylic acids is 1. The summed E-state index contributed by atoms with van der Waals surface area (Å²) >= 11 is 3.45. The summed E-state index contributed by atoms with van der Waals surface area (Å²) in [6, 6.07) is 7.77. The smallest absolute Gasteiger partial charge is 0.324 e. The van der Waals surface area contributed by atoms with Gasteiger partial charge in [0.05, 0.1) is 0 Å². The fourth-order valence-electron chi connectivity index (χ4n) is 2.02. The summed E-state index contributed by atoms with van der Waals surface area (Å²) in [7, 11) is 1.70. The highest BCUT2D eigenvalue weighted by Crippen LogP contribution is 2.53. The molecule has 0 saturated heterocycles. The molecule has 1 saturated carbocycles. The van der Waals surface area contributed by atoms with Gasteiger partial charge in [-0.05, 0) is 25.1 Å². The maximum absolute atomic E-state index is 11.1. The lowest BCUT2D eigenvalue weighted by Crippen LogP contribution is -2.38. The molecule has 1 aliphatic rings. The van der Waals surface area contributed by atoms with E-state index < -0.39 is 11.5 Å². The first-order valence-corrected chi connectivity index (χ1v) is 5.58. The largest absolute Gasteiger partial charge is 0.480 e. The second kappa shape index (κ2) is 3.61. The third kappa shape index (κ3) is 1.58.